The molecule has 1 heterocycles. The van der Waals surface area contributed by atoms with Gasteiger partial charge in [-0.3, -0.25) is 4.79 Å². The second-order valence-corrected chi connectivity index (χ2v) is 9.08. The van der Waals surface area contributed by atoms with Crippen molar-refractivity contribution in [1.82, 2.24) is 10.6 Å². The highest BCUT2D eigenvalue weighted by Gasteiger charge is 2.24. The molecule has 2 aromatic carbocycles. The van der Waals surface area contributed by atoms with Crippen molar-refractivity contribution in [3.63, 3.8) is 0 Å². The fraction of sp³-hybridized carbons (Fsp3) is 0.391. The number of hydrogen-bond donors (Lipinski definition) is 4. The number of hydrogen-bond acceptors (Lipinski definition) is 5. The monoisotopic (exact) mass is 443 g/mol. The second-order valence-electron chi connectivity index (χ2n) is 8.10. The lowest BCUT2D eigenvalue weighted by atomic mass is 10.0. The number of carboxylic acid groups (broad SMARTS) is 1. The van der Waals surface area contributed by atoms with Crippen LogP contribution in [0.5, 0.6) is 0 Å². The van der Waals surface area contributed by atoms with Gasteiger partial charge in [-0.15, -0.1) is 11.8 Å². The zero-order valence-electron chi connectivity index (χ0n) is 17.7. The highest BCUT2D eigenvalue weighted by atomic mass is 32.2. The molecule has 0 unspecified atom stereocenters. The third-order valence-corrected chi connectivity index (χ3v) is 6.15. The number of fused-ring (bicyclic) bond motifs is 1. The smallest absolute Gasteiger partial charge is 0.404 e. The number of nitrogens with one attached hydrogen (secondary N) is 2. The van der Waals surface area contributed by atoms with Crippen LogP contribution in [0.1, 0.15) is 29.8 Å². The van der Waals surface area contributed by atoms with Crippen molar-refractivity contribution in [3.05, 3.63) is 59.7 Å². The number of carbonyl (C=O) groups is 2. The third-order valence-electron chi connectivity index (χ3n) is 5.07. The first-order valence-electron chi connectivity index (χ1n) is 10.3. The Balaban J connectivity index is 1.60. The molecule has 1 aliphatic rings. The zero-order valence-corrected chi connectivity index (χ0v) is 18.6. The maximum Gasteiger partial charge on any atom is 0.404 e. The van der Waals surface area contributed by atoms with Gasteiger partial charge in [-0.05, 0) is 36.1 Å². The molecule has 0 aliphatic carbocycles. The molecule has 1 aliphatic heterocycles. The maximum atomic E-state index is 12.6. The maximum absolute atomic E-state index is 12.6. The zero-order chi connectivity index (χ0) is 22.4. The largest absolute Gasteiger partial charge is 0.465 e. The lowest BCUT2D eigenvalue weighted by Crippen LogP contribution is -2.49. The first-order chi connectivity index (χ1) is 14.8. The molecule has 4 N–H and O–H groups in total. The topological polar surface area (TPSA) is 102 Å². The number of aliphatic hydroxyl groups is 1. The lowest BCUT2D eigenvalue weighted by Gasteiger charge is -2.23. The fourth-order valence-corrected chi connectivity index (χ4v) is 4.69. The molecule has 0 saturated heterocycles. The number of rotatable bonds is 9. The number of anilines is 1. The first kappa shape index (κ1) is 23.0. The lowest BCUT2D eigenvalue weighted by molar-refractivity contribution is 0.0874. The van der Waals surface area contributed by atoms with Crippen molar-refractivity contribution in [2.75, 3.05) is 23.9 Å². The van der Waals surface area contributed by atoms with Crippen LogP contribution in [-0.2, 0) is 6.42 Å². The van der Waals surface area contributed by atoms with Gasteiger partial charge in [0.2, 0.25) is 0 Å². The molecule has 8 heteroatoms. The van der Waals surface area contributed by atoms with Crippen LogP contribution in [0.3, 0.4) is 0 Å². The minimum atomic E-state index is -1.21. The Morgan fingerprint density at radius 2 is 1.90 bits per heavy atom. The van der Waals surface area contributed by atoms with Crippen molar-refractivity contribution >= 4 is 29.4 Å². The molecule has 0 fully saturated rings. The van der Waals surface area contributed by atoms with Crippen LogP contribution in [0, 0.1) is 5.92 Å². The van der Waals surface area contributed by atoms with E-state index in [1.807, 2.05) is 42.5 Å². The summed E-state index contributed by atoms with van der Waals surface area (Å²) in [6.45, 7) is 5.28. The standard InChI is InChI=1S/C23H29N3O4S/c1-15(2)13-26-14-31-21-11-17(8-9-19(21)26)22(28)24-12-20(27)18(25-23(29)30)10-16-6-4-3-5-7-16/h3-9,11,15,18,20,25,27H,10,12-14H2,1-2H3,(H,24,28)(H,29,30)/t18-,20-/m0/s1. The van der Waals surface area contributed by atoms with Gasteiger partial charge in [0, 0.05) is 23.5 Å². The van der Waals surface area contributed by atoms with Crippen molar-refractivity contribution in [2.24, 2.45) is 5.92 Å². The molecule has 0 spiro atoms. The van der Waals surface area contributed by atoms with Crippen molar-refractivity contribution < 1.29 is 19.8 Å². The normalized spacial score (nSPS) is 14.8. The molecule has 0 saturated carbocycles. The number of carbonyl (C=O) groups excluding carboxylic acids is 1. The molecule has 2 atom stereocenters. The van der Waals surface area contributed by atoms with Gasteiger partial charge in [-0.25, -0.2) is 4.79 Å². The van der Waals surface area contributed by atoms with Crippen LogP contribution < -0.4 is 15.5 Å². The Bertz CT molecular complexity index is 907. The van der Waals surface area contributed by atoms with E-state index in [4.69, 9.17) is 5.11 Å². The van der Waals surface area contributed by atoms with Gasteiger partial charge < -0.3 is 25.7 Å². The average Bonchev–Trinajstić information content (AvgIpc) is 3.13. The second kappa shape index (κ2) is 10.5. The minimum absolute atomic E-state index is 0.0552. The Labute approximate surface area is 186 Å². The molecule has 0 aromatic heterocycles. The van der Waals surface area contributed by atoms with Gasteiger partial charge in [0.05, 0.1) is 23.7 Å². The summed E-state index contributed by atoms with van der Waals surface area (Å²) in [5.41, 5.74) is 2.56. The molecule has 7 nitrogen and oxygen atoms in total. The summed E-state index contributed by atoms with van der Waals surface area (Å²) in [4.78, 5) is 27.2. The fourth-order valence-electron chi connectivity index (χ4n) is 3.59. The number of aliphatic hydroxyl groups excluding tert-OH is 1. The molecular weight excluding hydrogens is 414 g/mol. The number of amides is 2. The predicted octanol–water partition coefficient (Wildman–Crippen LogP) is 3.18. The van der Waals surface area contributed by atoms with Crippen LogP contribution >= 0.6 is 11.8 Å². The van der Waals surface area contributed by atoms with E-state index in [-0.39, 0.29) is 12.5 Å². The summed E-state index contributed by atoms with van der Waals surface area (Å²) in [7, 11) is 0. The molecule has 31 heavy (non-hydrogen) atoms. The third kappa shape index (κ3) is 6.38. The molecule has 3 rings (SSSR count). The molecule has 0 bridgehead atoms. The number of nitrogens with zero attached hydrogens (tertiary/aromatic N) is 1. The van der Waals surface area contributed by atoms with E-state index in [2.05, 4.69) is 29.4 Å². The number of thioether (sulfide) groups is 1. The van der Waals surface area contributed by atoms with Gasteiger partial charge in [-0.1, -0.05) is 44.2 Å². The Hall–Kier alpha value is -2.71. The van der Waals surface area contributed by atoms with E-state index < -0.39 is 18.2 Å². The first-order valence-corrected chi connectivity index (χ1v) is 11.3. The molecule has 2 aromatic rings. The van der Waals surface area contributed by atoms with Crippen LogP contribution in [-0.4, -0.2) is 53.3 Å². The highest BCUT2D eigenvalue weighted by Crippen LogP contribution is 2.39. The Kier molecular flexibility index (Phi) is 7.81. The van der Waals surface area contributed by atoms with Gasteiger partial charge in [0.15, 0.2) is 0 Å². The van der Waals surface area contributed by atoms with Crippen LogP contribution in [0.4, 0.5) is 10.5 Å². The van der Waals surface area contributed by atoms with E-state index in [9.17, 15) is 14.7 Å². The summed E-state index contributed by atoms with van der Waals surface area (Å²) in [5, 5.41) is 24.7. The van der Waals surface area contributed by atoms with Crippen molar-refractivity contribution in [2.45, 2.75) is 37.3 Å². The van der Waals surface area contributed by atoms with E-state index >= 15 is 0 Å². The van der Waals surface area contributed by atoms with Crippen molar-refractivity contribution in [1.29, 1.82) is 0 Å². The summed E-state index contributed by atoms with van der Waals surface area (Å²) >= 11 is 1.71. The molecule has 2 amide bonds. The van der Waals surface area contributed by atoms with E-state index in [1.165, 1.54) is 0 Å². The average molecular weight is 444 g/mol. The van der Waals surface area contributed by atoms with E-state index in [1.54, 1.807) is 17.8 Å². The van der Waals surface area contributed by atoms with Crippen LogP contribution in [0.2, 0.25) is 0 Å². The van der Waals surface area contributed by atoms with E-state index in [0.717, 1.165) is 28.6 Å². The highest BCUT2D eigenvalue weighted by molar-refractivity contribution is 7.99. The Morgan fingerprint density at radius 1 is 1.16 bits per heavy atom. The van der Waals surface area contributed by atoms with Crippen LogP contribution in [0.15, 0.2) is 53.4 Å². The molecule has 166 valence electrons. The van der Waals surface area contributed by atoms with Gasteiger partial charge in [-0.2, -0.15) is 0 Å². The number of benzene rings is 2. The summed E-state index contributed by atoms with van der Waals surface area (Å²) in [6, 6.07) is 14.2. The summed E-state index contributed by atoms with van der Waals surface area (Å²) in [6.07, 6.45) is -1.95. The summed E-state index contributed by atoms with van der Waals surface area (Å²) < 4.78 is 0. The molecule has 0 radical (unpaired) electrons. The van der Waals surface area contributed by atoms with Crippen molar-refractivity contribution in [3.8, 4) is 0 Å². The predicted molar refractivity (Wildman–Crippen MR) is 123 cm³/mol. The van der Waals surface area contributed by atoms with Crippen LogP contribution in [0.25, 0.3) is 0 Å². The SMILES string of the molecule is CC(C)CN1CSc2cc(C(=O)NC[C@H](O)[C@H](Cc3ccccc3)NC(=O)O)ccc21. The van der Waals surface area contributed by atoms with Gasteiger partial charge >= 0.3 is 6.09 Å². The molecular formula is C23H29N3O4S. The van der Waals surface area contributed by atoms with E-state index in [0.29, 0.717) is 17.9 Å². The Morgan fingerprint density at radius 3 is 2.58 bits per heavy atom. The van der Waals surface area contributed by atoms with Gasteiger partial charge in [0.1, 0.15) is 0 Å². The summed E-state index contributed by atoms with van der Waals surface area (Å²) in [5.74, 6) is 1.14. The minimum Gasteiger partial charge on any atom is -0.465 e. The quantitative estimate of drug-likeness (QED) is 0.475. The van der Waals surface area contributed by atoms with Gasteiger partial charge in [0.25, 0.3) is 5.91 Å².